The van der Waals surface area contributed by atoms with Gasteiger partial charge >= 0.3 is 0 Å². The summed E-state index contributed by atoms with van der Waals surface area (Å²) < 4.78 is 2.42. The van der Waals surface area contributed by atoms with E-state index in [-0.39, 0.29) is 0 Å². The van der Waals surface area contributed by atoms with Crippen molar-refractivity contribution in [3.8, 4) is 0 Å². The van der Waals surface area contributed by atoms with Crippen molar-refractivity contribution in [1.29, 1.82) is 0 Å². The summed E-state index contributed by atoms with van der Waals surface area (Å²) in [6.45, 7) is 4.44. The van der Waals surface area contributed by atoms with Crippen molar-refractivity contribution in [3.05, 3.63) is 0 Å². The van der Waals surface area contributed by atoms with Gasteiger partial charge in [-0.05, 0) is 48.3 Å². The van der Waals surface area contributed by atoms with E-state index < -0.39 is 0 Å². The third kappa shape index (κ3) is 1.65. The lowest BCUT2D eigenvalue weighted by Gasteiger charge is -2.36. The van der Waals surface area contributed by atoms with Crippen molar-refractivity contribution in [2.75, 3.05) is 19.6 Å². The van der Waals surface area contributed by atoms with Gasteiger partial charge in [-0.3, -0.25) is 0 Å². The van der Waals surface area contributed by atoms with E-state index in [2.05, 4.69) is 22.6 Å². The highest BCUT2D eigenvalue weighted by Gasteiger charge is 2.39. The molecule has 2 fully saturated rings. The number of halogens is 1. The van der Waals surface area contributed by atoms with Crippen LogP contribution in [0.4, 0.5) is 0 Å². The molecular weight excluding hydrogens is 261 g/mol. The molecule has 0 saturated carbocycles. The second-order valence-corrected chi connectivity index (χ2v) is 5.82. The quantitative estimate of drug-likeness (QED) is 0.277. The van der Waals surface area contributed by atoms with Crippen LogP contribution in [0.2, 0.25) is 0 Å². The van der Waals surface area contributed by atoms with Crippen LogP contribution in [0.3, 0.4) is 0 Å². The molecule has 2 aliphatic heterocycles. The number of alkyl halides is 1. The van der Waals surface area contributed by atoms with E-state index in [4.69, 9.17) is 0 Å². The van der Waals surface area contributed by atoms with Crippen molar-refractivity contribution in [2.24, 2.45) is 0 Å². The Hall–Kier alpha value is 0.690. The lowest BCUT2D eigenvalue weighted by atomic mass is 10.2. The normalized spacial score (nSPS) is 35.2. The highest BCUT2D eigenvalue weighted by Crippen LogP contribution is 2.34. The lowest BCUT2D eigenvalue weighted by Crippen LogP contribution is -2.49. The van der Waals surface area contributed by atoms with E-state index in [9.17, 15) is 0 Å². The molecule has 0 aromatic carbocycles. The zero-order valence-electron chi connectivity index (χ0n) is 7.77. The smallest absolute Gasteiger partial charge is 0.140 e. The summed E-state index contributed by atoms with van der Waals surface area (Å²) in [5.74, 6) is 0. The van der Waals surface area contributed by atoms with Crippen molar-refractivity contribution >= 4 is 22.6 Å². The summed E-state index contributed by atoms with van der Waals surface area (Å²) >= 11 is 2.69. The van der Waals surface area contributed by atoms with E-state index in [1.807, 2.05) is 0 Å². The van der Waals surface area contributed by atoms with E-state index >= 15 is 0 Å². The summed E-state index contributed by atoms with van der Waals surface area (Å²) in [7, 11) is 0. The van der Waals surface area contributed by atoms with Crippen LogP contribution in [0.15, 0.2) is 0 Å². The zero-order valence-corrected chi connectivity index (χ0v) is 9.92. The summed E-state index contributed by atoms with van der Waals surface area (Å²) in [5, 5.41) is 0. The Morgan fingerprint density at radius 1 is 0.833 bits per heavy atom. The first kappa shape index (κ1) is 9.25. The van der Waals surface area contributed by atoms with E-state index in [1.54, 1.807) is 0 Å². The second-order valence-electron chi connectivity index (χ2n) is 4.38. The topological polar surface area (TPSA) is 0 Å². The molecule has 2 heterocycles. The largest absolute Gasteiger partial charge is 0.313 e. The van der Waals surface area contributed by atoms with E-state index in [0.717, 1.165) is 4.05 Å². The maximum Gasteiger partial charge on any atom is 0.140 e. The van der Waals surface area contributed by atoms with Crippen molar-refractivity contribution < 1.29 is 4.48 Å². The summed E-state index contributed by atoms with van der Waals surface area (Å²) in [6.07, 6.45) is 8.90. The highest BCUT2D eigenvalue weighted by atomic mass is 127. The predicted octanol–water partition coefficient (Wildman–Crippen LogP) is 2.93. The minimum Gasteiger partial charge on any atom is -0.313 e. The minimum absolute atomic E-state index is 0.945. The van der Waals surface area contributed by atoms with Crippen molar-refractivity contribution in [2.45, 2.75) is 42.6 Å². The molecule has 1 nitrogen and oxygen atoms in total. The Bertz CT molecular complexity index is 150. The average molecular weight is 280 g/mol. The maximum absolute atomic E-state index is 2.69. The van der Waals surface area contributed by atoms with Gasteiger partial charge in [-0.2, -0.15) is 0 Å². The van der Waals surface area contributed by atoms with Crippen molar-refractivity contribution in [3.63, 3.8) is 0 Å². The molecule has 12 heavy (non-hydrogen) atoms. The van der Waals surface area contributed by atoms with Gasteiger partial charge in [0, 0.05) is 12.8 Å². The van der Waals surface area contributed by atoms with Gasteiger partial charge in [-0.15, -0.1) is 0 Å². The maximum atomic E-state index is 2.69. The Kier molecular flexibility index (Phi) is 2.95. The Morgan fingerprint density at radius 3 is 1.92 bits per heavy atom. The number of hydrogen-bond donors (Lipinski definition) is 0. The minimum atomic E-state index is 0.945. The summed E-state index contributed by atoms with van der Waals surface area (Å²) in [6, 6.07) is 0. The Balaban J connectivity index is 2.05. The first-order chi connectivity index (χ1) is 5.83. The fraction of sp³-hybridized carbons (Fsp3) is 1.00. The van der Waals surface area contributed by atoms with Crippen LogP contribution in [0.1, 0.15) is 38.5 Å². The standard InChI is InChI=1S/C10H19IN/c11-10-6-5-9-12(10)7-3-1-2-4-8-12/h10H,1-9H2/q+1. The highest BCUT2D eigenvalue weighted by molar-refractivity contribution is 14.1. The molecule has 2 rings (SSSR count). The van der Waals surface area contributed by atoms with Gasteiger partial charge in [0.1, 0.15) is 4.05 Å². The third-order valence-corrected chi connectivity index (χ3v) is 5.40. The molecule has 0 amide bonds. The van der Waals surface area contributed by atoms with Gasteiger partial charge in [-0.25, -0.2) is 0 Å². The molecule has 0 N–H and O–H groups in total. The zero-order chi connectivity index (χ0) is 8.44. The lowest BCUT2D eigenvalue weighted by molar-refractivity contribution is -0.921. The number of nitrogens with zero attached hydrogens (tertiary/aromatic N) is 1. The van der Waals surface area contributed by atoms with Gasteiger partial charge in [0.05, 0.1) is 19.6 Å². The molecule has 1 atom stereocenters. The first-order valence-electron chi connectivity index (χ1n) is 5.33. The number of quaternary nitrogens is 1. The molecule has 0 radical (unpaired) electrons. The first-order valence-corrected chi connectivity index (χ1v) is 6.58. The van der Waals surface area contributed by atoms with Gasteiger partial charge in [-0.1, -0.05) is 0 Å². The SMILES string of the molecule is IC1CCC[N+]12CCCCCC2. The Morgan fingerprint density at radius 2 is 1.42 bits per heavy atom. The molecule has 2 saturated heterocycles. The second kappa shape index (κ2) is 3.82. The van der Waals surface area contributed by atoms with Gasteiger partial charge in [0.2, 0.25) is 0 Å². The monoisotopic (exact) mass is 280 g/mol. The van der Waals surface area contributed by atoms with Crippen LogP contribution >= 0.6 is 22.6 Å². The molecule has 2 heteroatoms. The van der Waals surface area contributed by atoms with Gasteiger partial charge < -0.3 is 4.48 Å². The van der Waals surface area contributed by atoms with Crippen LogP contribution < -0.4 is 0 Å². The van der Waals surface area contributed by atoms with Crippen LogP contribution in [-0.4, -0.2) is 28.2 Å². The van der Waals surface area contributed by atoms with Crippen LogP contribution in [0.5, 0.6) is 0 Å². The molecule has 0 aliphatic carbocycles. The Labute approximate surface area is 89.2 Å². The van der Waals surface area contributed by atoms with Crippen molar-refractivity contribution in [1.82, 2.24) is 0 Å². The van der Waals surface area contributed by atoms with Gasteiger partial charge in [0.15, 0.2) is 0 Å². The summed E-state index contributed by atoms with van der Waals surface area (Å²) in [4.78, 5) is 0. The van der Waals surface area contributed by atoms with Crippen LogP contribution in [-0.2, 0) is 0 Å². The van der Waals surface area contributed by atoms with Gasteiger partial charge in [0.25, 0.3) is 0 Å². The fourth-order valence-electron chi connectivity index (χ4n) is 2.81. The molecule has 2 aliphatic rings. The fourth-order valence-corrected chi connectivity index (χ4v) is 4.09. The molecule has 70 valence electrons. The molecule has 0 aromatic rings. The predicted molar refractivity (Wildman–Crippen MR) is 60.4 cm³/mol. The van der Waals surface area contributed by atoms with Crippen LogP contribution in [0.25, 0.3) is 0 Å². The molecular formula is C10H19IN+. The molecule has 0 aromatic heterocycles. The molecule has 1 spiro atoms. The third-order valence-electron chi connectivity index (χ3n) is 3.60. The number of hydrogen-bond acceptors (Lipinski definition) is 0. The molecule has 1 unspecified atom stereocenters. The summed E-state index contributed by atoms with van der Waals surface area (Å²) in [5.41, 5.74) is 0. The number of rotatable bonds is 0. The van der Waals surface area contributed by atoms with Crippen LogP contribution in [0, 0.1) is 0 Å². The average Bonchev–Trinajstić information content (AvgIpc) is 2.33. The molecule has 0 bridgehead atoms. The van der Waals surface area contributed by atoms with E-state index in [1.165, 1.54) is 62.6 Å². The van der Waals surface area contributed by atoms with E-state index in [0.29, 0.717) is 0 Å².